The maximum absolute atomic E-state index is 12.4. The minimum absolute atomic E-state index is 0.126. The molecule has 0 heterocycles. The number of hydrogen-bond donors (Lipinski definition) is 2. The molecule has 0 saturated heterocycles. The second kappa shape index (κ2) is 6.18. The van der Waals surface area contributed by atoms with Gasteiger partial charge in [-0.05, 0) is 43.2 Å². The third-order valence-electron chi connectivity index (χ3n) is 5.07. The Balaban J connectivity index is 1.63. The number of aryl methyl sites for hydroxylation is 1. The van der Waals surface area contributed by atoms with Crippen LogP contribution in [0.3, 0.4) is 0 Å². The summed E-state index contributed by atoms with van der Waals surface area (Å²) >= 11 is 0. The average Bonchev–Trinajstić information content (AvgIpc) is 2.48. The molecule has 3 nitrogen and oxygen atoms in total. The standard InChI is InChI=1S/C18H26N2O/c19-18(11-4-1-5-12-18)13-17(21)20-16-10-6-8-14-7-2-3-9-15(14)16/h2-3,7,9,16H,1,4-6,8,10-13,19H2,(H,20,21). The van der Waals surface area contributed by atoms with E-state index in [0.717, 1.165) is 44.9 Å². The van der Waals surface area contributed by atoms with E-state index in [2.05, 4.69) is 29.6 Å². The van der Waals surface area contributed by atoms with Crippen LogP contribution in [-0.4, -0.2) is 11.4 Å². The Bertz CT molecular complexity index is 506. The minimum atomic E-state index is -0.267. The first-order valence-electron chi connectivity index (χ1n) is 8.32. The Morgan fingerprint density at radius 1 is 1.19 bits per heavy atom. The molecule has 1 unspecified atom stereocenters. The van der Waals surface area contributed by atoms with E-state index in [0.29, 0.717) is 6.42 Å². The van der Waals surface area contributed by atoms with Gasteiger partial charge in [0.05, 0.1) is 6.04 Å². The highest BCUT2D eigenvalue weighted by Gasteiger charge is 2.31. The molecule has 1 fully saturated rings. The number of benzene rings is 1. The number of carbonyl (C=O) groups excluding carboxylic acids is 1. The van der Waals surface area contributed by atoms with Crippen LogP contribution in [0.15, 0.2) is 24.3 Å². The molecule has 0 spiro atoms. The van der Waals surface area contributed by atoms with Gasteiger partial charge in [-0.15, -0.1) is 0 Å². The summed E-state index contributed by atoms with van der Waals surface area (Å²) in [6, 6.07) is 8.65. The minimum Gasteiger partial charge on any atom is -0.349 e. The molecule has 2 aliphatic rings. The number of nitrogens with one attached hydrogen (secondary N) is 1. The smallest absolute Gasteiger partial charge is 0.222 e. The Hall–Kier alpha value is -1.35. The zero-order chi connectivity index (χ0) is 14.7. The summed E-state index contributed by atoms with van der Waals surface area (Å²) in [4.78, 5) is 12.4. The molecule has 0 radical (unpaired) electrons. The normalized spacial score (nSPS) is 24.1. The van der Waals surface area contributed by atoms with Gasteiger partial charge in [-0.25, -0.2) is 0 Å². The van der Waals surface area contributed by atoms with Crippen molar-refractivity contribution in [2.24, 2.45) is 5.73 Å². The molecule has 3 heteroatoms. The number of hydrogen-bond acceptors (Lipinski definition) is 2. The first kappa shape index (κ1) is 14.6. The lowest BCUT2D eigenvalue weighted by atomic mass is 9.80. The van der Waals surface area contributed by atoms with Gasteiger partial charge in [-0.1, -0.05) is 43.5 Å². The third-order valence-corrected chi connectivity index (χ3v) is 5.07. The van der Waals surface area contributed by atoms with E-state index in [9.17, 15) is 4.79 Å². The van der Waals surface area contributed by atoms with Gasteiger partial charge in [0.1, 0.15) is 0 Å². The van der Waals surface area contributed by atoms with Crippen LogP contribution in [0.1, 0.15) is 68.5 Å². The van der Waals surface area contributed by atoms with Gasteiger partial charge in [-0.2, -0.15) is 0 Å². The van der Waals surface area contributed by atoms with Crippen molar-refractivity contribution in [3.05, 3.63) is 35.4 Å². The lowest BCUT2D eigenvalue weighted by Gasteiger charge is -2.34. The van der Waals surface area contributed by atoms with Crippen LogP contribution >= 0.6 is 0 Å². The van der Waals surface area contributed by atoms with Gasteiger partial charge >= 0.3 is 0 Å². The van der Waals surface area contributed by atoms with Crippen molar-refractivity contribution in [2.45, 2.75) is 69.4 Å². The van der Waals surface area contributed by atoms with Crippen molar-refractivity contribution in [2.75, 3.05) is 0 Å². The third kappa shape index (κ3) is 3.46. The second-order valence-electron chi connectivity index (χ2n) is 6.81. The maximum Gasteiger partial charge on any atom is 0.222 e. The quantitative estimate of drug-likeness (QED) is 0.896. The zero-order valence-corrected chi connectivity index (χ0v) is 12.7. The van der Waals surface area contributed by atoms with Gasteiger partial charge in [0.15, 0.2) is 0 Å². The summed E-state index contributed by atoms with van der Waals surface area (Å²) in [5, 5.41) is 3.23. The van der Waals surface area contributed by atoms with Crippen LogP contribution in [0.4, 0.5) is 0 Å². The summed E-state index contributed by atoms with van der Waals surface area (Å²) in [5.41, 5.74) is 8.81. The summed E-state index contributed by atoms with van der Waals surface area (Å²) < 4.78 is 0. The lowest BCUT2D eigenvalue weighted by Crippen LogP contribution is -2.46. The summed E-state index contributed by atoms with van der Waals surface area (Å²) in [7, 11) is 0. The van der Waals surface area contributed by atoms with E-state index in [1.165, 1.54) is 17.5 Å². The molecular weight excluding hydrogens is 260 g/mol. The van der Waals surface area contributed by atoms with E-state index < -0.39 is 0 Å². The molecule has 1 amide bonds. The largest absolute Gasteiger partial charge is 0.349 e. The number of nitrogens with two attached hydrogens (primary N) is 1. The number of fused-ring (bicyclic) bond motifs is 1. The van der Waals surface area contributed by atoms with Gasteiger partial charge in [0, 0.05) is 12.0 Å². The fourth-order valence-corrected chi connectivity index (χ4v) is 3.90. The first-order chi connectivity index (χ1) is 10.2. The Kier molecular flexibility index (Phi) is 4.29. The summed E-state index contributed by atoms with van der Waals surface area (Å²) in [6.45, 7) is 0. The lowest BCUT2D eigenvalue weighted by molar-refractivity contribution is -0.123. The molecule has 3 rings (SSSR count). The highest BCUT2D eigenvalue weighted by Crippen LogP contribution is 2.31. The van der Waals surface area contributed by atoms with Gasteiger partial charge in [0.2, 0.25) is 5.91 Å². The highest BCUT2D eigenvalue weighted by molar-refractivity contribution is 5.77. The Morgan fingerprint density at radius 2 is 1.95 bits per heavy atom. The van der Waals surface area contributed by atoms with Crippen LogP contribution < -0.4 is 11.1 Å². The van der Waals surface area contributed by atoms with E-state index in [1.807, 2.05) is 0 Å². The number of rotatable bonds is 3. The van der Waals surface area contributed by atoms with Crippen molar-refractivity contribution < 1.29 is 4.79 Å². The van der Waals surface area contributed by atoms with Crippen LogP contribution in [0.5, 0.6) is 0 Å². The van der Waals surface area contributed by atoms with E-state index >= 15 is 0 Å². The predicted molar refractivity (Wildman–Crippen MR) is 84.9 cm³/mol. The van der Waals surface area contributed by atoms with E-state index in [1.54, 1.807) is 0 Å². The summed E-state index contributed by atoms with van der Waals surface area (Å²) in [5.74, 6) is 0.126. The molecule has 114 valence electrons. The Labute approximate surface area is 127 Å². The molecule has 21 heavy (non-hydrogen) atoms. The van der Waals surface area contributed by atoms with Crippen LogP contribution in [-0.2, 0) is 11.2 Å². The monoisotopic (exact) mass is 286 g/mol. The van der Waals surface area contributed by atoms with Gasteiger partial charge < -0.3 is 11.1 Å². The zero-order valence-electron chi connectivity index (χ0n) is 12.7. The molecular formula is C18H26N2O. The molecule has 1 saturated carbocycles. The fraction of sp³-hybridized carbons (Fsp3) is 0.611. The first-order valence-corrected chi connectivity index (χ1v) is 8.32. The van der Waals surface area contributed by atoms with Gasteiger partial charge in [0.25, 0.3) is 0 Å². The van der Waals surface area contributed by atoms with E-state index in [4.69, 9.17) is 5.73 Å². The van der Waals surface area contributed by atoms with Crippen molar-refractivity contribution in [1.82, 2.24) is 5.32 Å². The summed E-state index contributed by atoms with van der Waals surface area (Å²) in [6.07, 6.45) is 9.36. The van der Waals surface area contributed by atoms with Crippen LogP contribution in [0, 0.1) is 0 Å². The topological polar surface area (TPSA) is 55.1 Å². The number of amides is 1. The number of carbonyl (C=O) groups is 1. The SMILES string of the molecule is NC1(CC(=O)NC2CCCc3ccccc32)CCCCC1. The molecule has 0 aromatic heterocycles. The van der Waals surface area contributed by atoms with Crippen molar-refractivity contribution in [3.63, 3.8) is 0 Å². The van der Waals surface area contributed by atoms with Crippen molar-refractivity contribution in [1.29, 1.82) is 0 Å². The second-order valence-corrected chi connectivity index (χ2v) is 6.81. The highest BCUT2D eigenvalue weighted by atomic mass is 16.1. The molecule has 2 aliphatic carbocycles. The Morgan fingerprint density at radius 3 is 2.76 bits per heavy atom. The van der Waals surface area contributed by atoms with E-state index in [-0.39, 0.29) is 17.5 Å². The average molecular weight is 286 g/mol. The maximum atomic E-state index is 12.4. The molecule has 1 aromatic rings. The van der Waals surface area contributed by atoms with Crippen molar-refractivity contribution >= 4 is 5.91 Å². The molecule has 1 aromatic carbocycles. The molecule has 3 N–H and O–H groups in total. The fourth-order valence-electron chi connectivity index (χ4n) is 3.90. The molecule has 0 aliphatic heterocycles. The van der Waals surface area contributed by atoms with Crippen LogP contribution in [0.25, 0.3) is 0 Å². The van der Waals surface area contributed by atoms with Crippen molar-refractivity contribution in [3.8, 4) is 0 Å². The predicted octanol–water partition coefficient (Wildman–Crippen LogP) is 3.23. The van der Waals surface area contributed by atoms with Gasteiger partial charge in [-0.3, -0.25) is 4.79 Å². The molecule has 1 atom stereocenters. The van der Waals surface area contributed by atoms with Crippen LogP contribution in [0.2, 0.25) is 0 Å². The molecule has 0 bridgehead atoms.